The summed E-state index contributed by atoms with van der Waals surface area (Å²) < 4.78 is 0. The lowest BCUT2D eigenvalue weighted by Gasteiger charge is -2.02. The Balaban J connectivity index is 1.74. The molecule has 2 heteroatoms. The normalized spacial score (nSPS) is 21.1. The zero-order valence-electron chi connectivity index (χ0n) is 13.4. The smallest absolute Gasteiger partial charge is 0.303 e. The van der Waals surface area contributed by atoms with Crippen LogP contribution in [0.25, 0.3) is 0 Å². The second kappa shape index (κ2) is 11.2. The lowest BCUT2D eigenvalue weighted by atomic mass is 10.0. The molecule has 0 bridgehead atoms. The Bertz CT molecular complexity index is 250. The number of carboxylic acid groups (broad SMARTS) is 1. The number of carbonyl (C=O) groups is 1. The molecule has 0 aromatic rings. The molecule has 0 amide bonds. The van der Waals surface area contributed by atoms with E-state index in [0.29, 0.717) is 6.42 Å². The molecular formula is C18H34O2. The third kappa shape index (κ3) is 9.39. The summed E-state index contributed by atoms with van der Waals surface area (Å²) >= 11 is 0. The molecular weight excluding hydrogens is 248 g/mol. The van der Waals surface area contributed by atoms with Crippen LogP contribution in [0.15, 0.2) is 0 Å². The number of rotatable bonds is 14. The van der Waals surface area contributed by atoms with E-state index in [1.54, 1.807) is 0 Å². The standard InChI is InChI=1S/C18H34O2/c1-2-3-4-5-6-7-8-9-10-11-12-16-15-17(16)13-14-18(19)20/h16-17H,2-15H2,1H3,(H,19,20). The van der Waals surface area contributed by atoms with Crippen LogP contribution in [0, 0.1) is 11.8 Å². The molecule has 2 atom stereocenters. The summed E-state index contributed by atoms with van der Waals surface area (Å²) in [6.45, 7) is 2.27. The maximum atomic E-state index is 10.5. The van der Waals surface area contributed by atoms with Crippen LogP contribution in [0.1, 0.15) is 96.8 Å². The van der Waals surface area contributed by atoms with Gasteiger partial charge in [0, 0.05) is 6.42 Å². The summed E-state index contributed by atoms with van der Waals surface area (Å²) in [5.74, 6) is 0.975. The molecule has 118 valence electrons. The van der Waals surface area contributed by atoms with E-state index in [1.165, 1.54) is 77.0 Å². The van der Waals surface area contributed by atoms with Gasteiger partial charge in [0.25, 0.3) is 0 Å². The van der Waals surface area contributed by atoms with Crippen molar-refractivity contribution >= 4 is 5.97 Å². The molecule has 0 aliphatic heterocycles. The number of hydrogen-bond donors (Lipinski definition) is 1. The Morgan fingerprint density at radius 3 is 1.90 bits per heavy atom. The van der Waals surface area contributed by atoms with Crippen LogP contribution >= 0.6 is 0 Å². The van der Waals surface area contributed by atoms with E-state index in [1.807, 2.05) is 0 Å². The van der Waals surface area contributed by atoms with Crippen molar-refractivity contribution in [1.29, 1.82) is 0 Å². The first kappa shape index (κ1) is 17.5. The Hall–Kier alpha value is -0.530. The molecule has 2 unspecified atom stereocenters. The third-order valence-electron chi connectivity index (χ3n) is 4.73. The predicted molar refractivity (Wildman–Crippen MR) is 84.9 cm³/mol. The fraction of sp³-hybridized carbons (Fsp3) is 0.944. The highest BCUT2D eigenvalue weighted by Crippen LogP contribution is 2.45. The van der Waals surface area contributed by atoms with Crippen molar-refractivity contribution in [2.24, 2.45) is 11.8 Å². The average Bonchev–Trinajstić information content (AvgIpc) is 3.17. The molecule has 0 saturated heterocycles. The van der Waals surface area contributed by atoms with Gasteiger partial charge in [-0.05, 0) is 24.7 Å². The molecule has 0 spiro atoms. The SMILES string of the molecule is CCCCCCCCCCCCC1CC1CCC(=O)O. The number of carboxylic acids is 1. The molecule has 1 aliphatic carbocycles. The summed E-state index contributed by atoms with van der Waals surface area (Å²) in [5, 5.41) is 8.64. The molecule has 1 N–H and O–H groups in total. The lowest BCUT2D eigenvalue weighted by Crippen LogP contribution is -1.95. The zero-order chi connectivity index (χ0) is 14.6. The van der Waals surface area contributed by atoms with Gasteiger partial charge in [-0.3, -0.25) is 4.79 Å². The van der Waals surface area contributed by atoms with Gasteiger partial charge in [0.1, 0.15) is 0 Å². The molecule has 20 heavy (non-hydrogen) atoms. The van der Waals surface area contributed by atoms with Crippen LogP contribution in [-0.2, 0) is 4.79 Å². The summed E-state index contributed by atoms with van der Waals surface area (Å²) in [7, 11) is 0. The first-order chi connectivity index (χ1) is 9.74. The fourth-order valence-corrected chi connectivity index (χ4v) is 3.22. The summed E-state index contributed by atoms with van der Waals surface area (Å²) in [4.78, 5) is 10.5. The van der Waals surface area contributed by atoms with Gasteiger partial charge in [-0.2, -0.15) is 0 Å². The van der Waals surface area contributed by atoms with Gasteiger partial charge in [0.05, 0.1) is 0 Å². The highest BCUT2D eigenvalue weighted by molar-refractivity contribution is 5.66. The average molecular weight is 282 g/mol. The van der Waals surface area contributed by atoms with Crippen molar-refractivity contribution in [3.8, 4) is 0 Å². The summed E-state index contributed by atoms with van der Waals surface area (Å²) in [6, 6.07) is 0. The van der Waals surface area contributed by atoms with E-state index in [4.69, 9.17) is 5.11 Å². The van der Waals surface area contributed by atoms with Crippen molar-refractivity contribution in [1.82, 2.24) is 0 Å². The second-order valence-electron chi connectivity index (χ2n) is 6.66. The second-order valence-corrected chi connectivity index (χ2v) is 6.66. The summed E-state index contributed by atoms with van der Waals surface area (Å²) in [5.41, 5.74) is 0. The van der Waals surface area contributed by atoms with Gasteiger partial charge < -0.3 is 5.11 Å². The van der Waals surface area contributed by atoms with Crippen LogP contribution in [0.2, 0.25) is 0 Å². The molecule has 0 heterocycles. The lowest BCUT2D eigenvalue weighted by molar-refractivity contribution is -0.137. The zero-order valence-corrected chi connectivity index (χ0v) is 13.4. The number of aliphatic carboxylic acids is 1. The minimum atomic E-state index is -0.630. The van der Waals surface area contributed by atoms with Crippen molar-refractivity contribution in [2.45, 2.75) is 96.8 Å². The van der Waals surface area contributed by atoms with Gasteiger partial charge in [0.2, 0.25) is 0 Å². The van der Waals surface area contributed by atoms with Gasteiger partial charge in [0.15, 0.2) is 0 Å². The quantitative estimate of drug-likeness (QED) is 0.409. The van der Waals surface area contributed by atoms with Gasteiger partial charge in [-0.15, -0.1) is 0 Å². The number of unbranched alkanes of at least 4 members (excludes halogenated alkanes) is 9. The fourth-order valence-electron chi connectivity index (χ4n) is 3.22. The van der Waals surface area contributed by atoms with Crippen LogP contribution < -0.4 is 0 Å². The van der Waals surface area contributed by atoms with Crippen molar-refractivity contribution in [3.63, 3.8) is 0 Å². The van der Waals surface area contributed by atoms with Crippen LogP contribution in [-0.4, -0.2) is 11.1 Å². The van der Waals surface area contributed by atoms with Crippen LogP contribution in [0.5, 0.6) is 0 Å². The van der Waals surface area contributed by atoms with Crippen LogP contribution in [0.3, 0.4) is 0 Å². The Labute approximate surface area is 125 Å². The molecule has 0 aromatic carbocycles. The molecule has 1 saturated carbocycles. The summed E-state index contributed by atoms with van der Waals surface area (Å²) in [6.07, 6.45) is 18.0. The molecule has 0 aromatic heterocycles. The first-order valence-corrected chi connectivity index (χ1v) is 8.95. The van der Waals surface area contributed by atoms with E-state index < -0.39 is 5.97 Å². The Kier molecular flexibility index (Phi) is 9.78. The van der Waals surface area contributed by atoms with Crippen molar-refractivity contribution in [2.75, 3.05) is 0 Å². The molecule has 0 radical (unpaired) electrons. The largest absolute Gasteiger partial charge is 0.481 e. The molecule has 1 rings (SSSR count). The van der Waals surface area contributed by atoms with E-state index in [0.717, 1.165) is 18.3 Å². The van der Waals surface area contributed by atoms with E-state index in [2.05, 4.69) is 6.92 Å². The maximum absolute atomic E-state index is 10.5. The Morgan fingerprint density at radius 2 is 1.35 bits per heavy atom. The predicted octanol–water partition coefficient (Wildman–Crippen LogP) is 5.80. The third-order valence-corrected chi connectivity index (χ3v) is 4.73. The molecule has 2 nitrogen and oxygen atoms in total. The van der Waals surface area contributed by atoms with Crippen molar-refractivity contribution < 1.29 is 9.90 Å². The Morgan fingerprint density at radius 1 is 0.850 bits per heavy atom. The minimum absolute atomic E-state index is 0.374. The monoisotopic (exact) mass is 282 g/mol. The van der Waals surface area contributed by atoms with Crippen molar-refractivity contribution in [3.05, 3.63) is 0 Å². The maximum Gasteiger partial charge on any atom is 0.303 e. The molecule has 1 aliphatic rings. The van der Waals surface area contributed by atoms with E-state index in [9.17, 15) is 4.79 Å². The highest BCUT2D eigenvalue weighted by Gasteiger charge is 2.35. The van der Waals surface area contributed by atoms with Gasteiger partial charge >= 0.3 is 5.97 Å². The van der Waals surface area contributed by atoms with Gasteiger partial charge in [-0.25, -0.2) is 0 Å². The minimum Gasteiger partial charge on any atom is -0.481 e. The topological polar surface area (TPSA) is 37.3 Å². The van der Waals surface area contributed by atoms with Crippen LogP contribution in [0.4, 0.5) is 0 Å². The number of hydrogen-bond acceptors (Lipinski definition) is 1. The van der Waals surface area contributed by atoms with Gasteiger partial charge in [-0.1, -0.05) is 77.6 Å². The van der Waals surface area contributed by atoms with E-state index in [-0.39, 0.29) is 0 Å². The first-order valence-electron chi connectivity index (χ1n) is 8.95. The highest BCUT2D eigenvalue weighted by atomic mass is 16.4. The molecule has 1 fully saturated rings. The van der Waals surface area contributed by atoms with E-state index >= 15 is 0 Å².